The molecule has 1 N–H and O–H groups in total. The number of carboxylic acid groups (broad SMARTS) is 1. The van der Waals surface area contributed by atoms with Crippen LogP contribution in [0.1, 0.15) is 32.6 Å². The molecule has 0 aromatic heterocycles. The summed E-state index contributed by atoms with van der Waals surface area (Å²) in [6.45, 7) is 5.10. The summed E-state index contributed by atoms with van der Waals surface area (Å²) >= 11 is 0. The SMILES string of the molecule is CCN1CC(C(=O)O)CC2CC3(CCC21)OCCO3. The fourth-order valence-electron chi connectivity index (χ4n) is 4.12. The maximum absolute atomic E-state index is 11.3. The van der Waals surface area contributed by atoms with Gasteiger partial charge in [0.25, 0.3) is 0 Å². The van der Waals surface area contributed by atoms with Crippen molar-refractivity contribution in [1.82, 2.24) is 4.90 Å². The van der Waals surface area contributed by atoms with E-state index < -0.39 is 11.8 Å². The molecule has 0 aromatic rings. The smallest absolute Gasteiger partial charge is 0.307 e. The van der Waals surface area contributed by atoms with Crippen LogP contribution in [0.15, 0.2) is 0 Å². The quantitative estimate of drug-likeness (QED) is 0.819. The number of hydrogen-bond donors (Lipinski definition) is 1. The van der Waals surface area contributed by atoms with Crippen molar-refractivity contribution in [3.05, 3.63) is 0 Å². The van der Waals surface area contributed by atoms with Gasteiger partial charge in [-0.1, -0.05) is 6.92 Å². The molecule has 0 aromatic carbocycles. The summed E-state index contributed by atoms with van der Waals surface area (Å²) in [7, 11) is 0. The molecule has 2 heterocycles. The van der Waals surface area contributed by atoms with E-state index in [0.29, 0.717) is 31.7 Å². The van der Waals surface area contributed by atoms with Crippen molar-refractivity contribution in [2.24, 2.45) is 11.8 Å². The van der Waals surface area contributed by atoms with Crippen LogP contribution in [-0.4, -0.2) is 54.1 Å². The highest BCUT2D eigenvalue weighted by Crippen LogP contribution is 2.45. The van der Waals surface area contributed by atoms with Gasteiger partial charge in [0.1, 0.15) is 0 Å². The average molecular weight is 269 g/mol. The Balaban J connectivity index is 1.75. The number of aliphatic carboxylic acids is 1. The number of fused-ring (bicyclic) bond motifs is 1. The first-order valence-electron chi connectivity index (χ1n) is 7.38. The van der Waals surface area contributed by atoms with E-state index in [1.807, 2.05) is 0 Å². The van der Waals surface area contributed by atoms with Gasteiger partial charge < -0.3 is 14.6 Å². The Kier molecular flexibility index (Phi) is 3.53. The van der Waals surface area contributed by atoms with Crippen molar-refractivity contribution in [3.8, 4) is 0 Å². The number of ether oxygens (including phenoxy) is 2. The summed E-state index contributed by atoms with van der Waals surface area (Å²) in [4.78, 5) is 13.7. The van der Waals surface area contributed by atoms with Crippen molar-refractivity contribution in [2.75, 3.05) is 26.3 Å². The Labute approximate surface area is 113 Å². The van der Waals surface area contributed by atoms with Gasteiger partial charge in [0.2, 0.25) is 0 Å². The van der Waals surface area contributed by atoms with Gasteiger partial charge in [-0.15, -0.1) is 0 Å². The molecule has 0 amide bonds. The predicted octanol–water partition coefficient (Wildman–Crippen LogP) is 1.32. The molecule has 5 nitrogen and oxygen atoms in total. The van der Waals surface area contributed by atoms with E-state index in [0.717, 1.165) is 32.2 Å². The number of nitrogens with zero attached hydrogens (tertiary/aromatic N) is 1. The van der Waals surface area contributed by atoms with Crippen LogP contribution < -0.4 is 0 Å². The molecule has 3 rings (SSSR count). The summed E-state index contributed by atoms with van der Waals surface area (Å²) in [6, 6.07) is 0.513. The number of hydrogen-bond acceptors (Lipinski definition) is 4. The molecule has 3 aliphatic rings. The van der Waals surface area contributed by atoms with Crippen LogP contribution in [0.4, 0.5) is 0 Å². The minimum Gasteiger partial charge on any atom is -0.481 e. The van der Waals surface area contributed by atoms with Crippen LogP contribution in [0.5, 0.6) is 0 Å². The summed E-state index contributed by atoms with van der Waals surface area (Å²) in [6.07, 6.45) is 3.64. The molecular formula is C14H23NO4. The fraction of sp³-hybridized carbons (Fsp3) is 0.929. The van der Waals surface area contributed by atoms with E-state index in [9.17, 15) is 9.90 Å². The van der Waals surface area contributed by atoms with Crippen molar-refractivity contribution in [3.63, 3.8) is 0 Å². The lowest BCUT2D eigenvalue weighted by molar-refractivity contribution is -0.204. The Morgan fingerprint density at radius 2 is 2.16 bits per heavy atom. The molecule has 1 saturated carbocycles. The molecule has 1 aliphatic carbocycles. The van der Waals surface area contributed by atoms with Crippen LogP contribution in [-0.2, 0) is 14.3 Å². The number of piperidine rings is 1. The van der Waals surface area contributed by atoms with Gasteiger partial charge in [0.05, 0.1) is 19.1 Å². The molecule has 3 fully saturated rings. The number of carbonyl (C=O) groups is 1. The van der Waals surface area contributed by atoms with Crippen molar-refractivity contribution < 1.29 is 19.4 Å². The molecule has 0 radical (unpaired) electrons. The van der Waals surface area contributed by atoms with E-state index in [4.69, 9.17) is 9.47 Å². The van der Waals surface area contributed by atoms with Gasteiger partial charge in [-0.25, -0.2) is 0 Å². The summed E-state index contributed by atoms with van der Waals surface area (Å²) < 4.78 is 11.6. The lowest BCUT2D eigenvalue weighted by atomic mass is 9.72. The first-order chi connectivity index (χ1) is 9.13. The molecule has 108 valence electrons. The first kappa shape index (κ1) is 13.3. The third-order valence-electron chi connectivity index (χ3n) is 5.02. The lowest BCUT2D eigenvalue weighted by Crippen LogP contribution is -2.55. The highest BCUT2D eigenvalue weighted by Gasteiger charge is 2.49. The van der Waals surface area contributed by atoms with Gasteiger partial charge in [-0.2, -0.15) is 0 Å². The molecule has 2 saturated heterocycles. The zero-order valence-corrected chi connectivity index (χ0v) is 11.5. The normalized spacial score (nSPS) is 38.3. The molecule has 3 unspecified atom stereocenters. The minimum absolute atomic E-state index is 0.238. The van der Waals surface area contributed by atoms with Crippen LogP contribution in [0, 0.1) is 11.8 Å². The summed E-state index contributed by atoms with van der Waals surface area (Å²) in [5, 5.41) is 9.31. The largest absolute Gasteiger partial charge is 0.481 e. The summed E-state index contributed by atoms with van der Waals surface area (Å²) in [5.74, 6) is -0.912. The third kappa shape index (κ3) is 2.39. The zero-order valence-electron chi connectivity index (χ0n) is 11.5. The fourth-order valence-corrected chi connectivity index (χ4v) is 4.12. The number of rotatable bonds is 2. The Bertz CT molecular complexity index is 353. The second kappa shape index (κ2) is 5.04. The van der Waals surface area contributed by atoms with E-state index in [-0.39, 0.29) is 5.92 Å². The van der Waals surface area contributed by atoms with Crippen LogP contribution in [0.2, 0.25) is 0 Å². The molecule has 0 bridgehead atoms. The first-order valence-corrected chi connectivity index (χ1v) is 7.38. The van der Waals surface area contributed by atoms with Gasteiger partial charge in [-0.3, -0.25) is 9.69 Å². The second-order valence-electron chi connectivity index (χ2n) is 6.04. The molecular weight excluding hydrogens is 246 g/mol. The van der Waals surface area contributed by atoms with Crippen molar-refractivity contribution in [1.29, 1.82) is 0 Å². The van der Waals surface area contributed by atoms with Crippen LogP contribution in [0.25, 0.3) is 0 Å². The number of likely N-dealkylation sites (tertiary alicyclic amines) is 1. The number of carboxylic acids is 1. The van der Waals surface area contributed by atoms with Gasteiger partial charge in [0, 0.05) is 25.4 Å². The van der Waals surface area contributed by atoms with E-state index in [2.05, 4.69) is 11.8 Å². The Morgan fingerprint density at radius 1 is 1.42 bits per heavy atom. The zero-order chi connectivity index (χ0) is 13.5. The predicted molar refractivity (Wildman–Crippen MR) is 68.8 cm³/mol. The third-order valence-corrected chi connectivity index (χ3v) is 5.02. The van der Waals surface area contributed by atoms with E-state index in [1.54, 1.807) is 0 Å². The van der Waals surface area contributed by atoms with E-state index in [1.165, 1.54) is 0 Å². The Hall–Kier alpha value is -0.650. The minimum atomic E-state index is -0.662. The highest BCUT2D eigenvalue weighted by molar-refractivity contribution is 5.70. The van der Waals surface area contributed by atoms with Gasteiger partial charge >= 0.3 is 5.97 Å². The van der Waals surface area contributed by atoms with Crippen molar-refractivity contribution in [2.45, 2.75) is 44.4 Å². The van der Waals surface area contributed by atoms with E-state index >= 15 is 0 Å². The molecule has 19 heavy (non-hydrogen) atoms. The standard InChI is InChI=1S/C14H23NO4/c1-2-15-9-11(13(16)17)7-10-8-14(4-3-12(10)15)18-5-6-19-14/h10-12H,2-9H2,1H3,(H,16,17). The Morgan fingerprint density at radius 3 is 2.79 bits per heavy atom. The highest BCUT2D eigenvalue weighted by atomic mass is 16.7. The molecule has 2 aliphatic heterocycles. The molecule has 1 spiro atoms. The second-order valence-corrected chi connectivity index (χ2v) is 6.04. The molecule has 5 heteroatoms. The molecule has 3 atom stereocenters. The summed E-state index contributed by atoms with van der Waals surface area (Å²) in [5.41, 5.74) is 0. The monoisotopic (exact) mass is 269 g/mol. The van der Waals surface area contributed by atoms with Crippen LogP contribution >= 0.6 is 0 Å². The average Bonchev–Trinajstić information content (AvgIpc) is 2.85. The van der Waals surface area contributed by atoms with Gasteiger partial charge in [-0.05, 0) is 25.3 Å². The lowest BCUT2D eigenvalue weighted by Gasteiger charge is -2.49. The van der Waals surface area contributed by atoms with Gasteiger partial charge in [0.15, 0.2) is 5.79 Å². The van der Waals surface area contributed by atoms with Crippen molar-refractivity contribution >= 4 is 5.97 Å². The topological polar surface area (TPSA) is 59.0 Å². The maximum Gasteiger partial charge on any atom is 0.307 e. The van der Waals surface area contributed by atoms with Crippen LogP contribution in [0.3, 0.4) is 0 Å². The maximum atomic E-state index is 11.3.